The van der Waals surface area contributed by atoms with Crippen molar-refractivity contribution in [2.45, 2.75) is 4.90 Å². The molecule has 1 amide bonds. The maximum absolute atomic E-state index is 12.8. The van der Waals surface area contributed by atoms with Crippen LogP contribution in [0.25, 0.3) is 10.4 Å². The van der Waals surface area contributed by atoms with Gasteiger partial charge in [-0.3, -0.25) is 4.79 Å². The molecular weight excluding hydrogens is 444 g/mol. The topological polar surface area (TPSA) is 75.7 Å². The Bertz CT molecular complexity index is 1150. The summed E-state index contributed by atoms with van der Waals surface area (Å²) in [6.07, 6.45) is 0. The summed E-state index contributed by atoms with van der Waals surface area (Å²) in [4.78, 5) is 14.3. The summed E-state index contributed by atoms with van der Waals surface area (Å²) in [7, 11) is -3.63. The number of rotatable bonds is 5. The molecule has 6 nitrogen and oxygen atoms in total. The molecule has 30 heavy (non-hydrogen) atoms. The minimum absolute atomic E-state index is 0.148. The second kappa shape index (κ2) is 8.87. The summed E-state index contributed by atoms with van der Waals surface area (Å²) in [5.41, 5.74) is 1.40. The van der Waals surface area contributed by atoms with Crippen molar-refractivity contribution in [2.24, 2.45) is 0 Å². The molecule has 3 aromatic rings. The van der Waals surface area contributed by atoms with Gasteiger partial charge in [0.15, 0.2) is 0 Å². The first-order valence-electron chi connectivity index (χ1n) is 9.28. The Morgan fingerprint density at radius 1 is 1.03 bits per heavy atom. The summed E-state index contributed by atoms with van der Waals surface area (Å²) in [5, 5.41) is 3.44. The second-order valence-corrected chi connectivity index (χ2v) is 10.1. The van der Waals surface area contributed by atoms with Crippen LogP contribution in [0.3, 0.4) is 0 Å². The molecule has 156 valence electrons. The third-order valence-corrected chi connectivity index (χ3v) is 7.94. The zero-order valence-electron chi connectivity index (χ0n) is 15.9. The highest BCUT2D eigenvalue weighted by molar-refractivity contribution is 7.89. The van der Waals surface area contributed by atoms with Crippen molar-refractivity contribution in [3.8, 4) is 10.4 Å². The largest absolute Gasteiger partial charge is 0.379 e. The summed E-state index contributed by atoms with van der Waals surface area (Å²) in [5.74, 6) is -0.291. The van der Waals surface area contributed by atoms with Crippen LogP contribution in [0, 0.1) is 0 Å². The van der Waals surface area contributed by atoms with Crippen LogP contribution in [0.2, 0.25) is 5.02 Å². The van der Waals surface area contributed by atoms with Crippen LogP contribution in [0.15, 0.2) is 65.6 Å². The smallest absolute Gasteiger partial charge is 0.265 e. The SMILES string of the molecule is O=C(Nc1cccc(S(=O)(=O)N2CCOCC2)c1)c1ccc(-c2ccc(Cl)cc2)s1. The van der Waals surface area contributed by atoms with Gasteiger partial charge in [-0.1, -0.05) is 29.8 Å². The molecule has 4 rings (SSSR count). The van der Waals surface area contributed by atoms with Crippen molar-refractivity contribution < 1.29 is 17.9 Å². The standard InChI is InChI=1S/C21H19ClN2O4S2/c22-16-6-4-15(5-7-16)19-8-9-20(29-19)21(25)23-17-2-1-3-18(14-17)30(26,27)24-10-12-28-13-11-24/h1-9,14H,10-13H2,(H,23,25). The first-order chi connectivity index (χ1) is 14.4. The van der Waals surface area contributed by atoms with E-state index >= 15 is 0 Å². The number of halogens is 1. The zero-order chi connectivity index (χ0) is 21.1. The van der Waals surface area contributed by atoms with Gasteiger partial charge in [-0.2, -0.15) is 4.31 Å². The lowest BCUT2D eigenvalue weighted by molar-refractivity contribution is 0.0730. The lowest BCUT2D eigenvalue weighted by Gasteiger charge is -2.26. The van der Waals surface area contributed by atoms with Gasteiger partial charge in [0.2, 0.25) is 10.0 Å². The molecule has 1 saturated heterocycles. The first-order valence-corrected chi connectivity index (χ1v) is 11.9. The summed E-state index contributed by atoms with van der Waals surface area (Å²) in [6, 6.07) is 17.3. The molecule has 0 atom stereocenters. The van der Waals surface area contributed by atoms with Gasteiger partial charge in [0, 0.05) is 28.7 Å². The van der Waals surface area contributed by atoms with Crippen LogP contribution >= 0.6 is 22.9 Å². The molecule has 0 spiro atoms. The van der Waals surface area contributed by atoms with Gasteiger partial charge in [0.05, 0.1) is 23.0 Å². The molecule has 0 radical (unpaired) electrons. The molecule has 1 aromatic heterocycles. The zero-order valence-corrected chi connectivity index (χ0v) is 18.3. The number of benzene rings is 2. The molecule has 1 aliphatic heterocycles. The average Bonchev–Trinajstić information content (AvgIpc) is 3.25. The van der Waals surface area contributed by atoms with Crippen LogP contribution < -0.4 is 5.32 Å². The minimum Gasteiger partial charge on any atom is -0.379 e. The predicted molar refractivity (Wildman–Crippen MR) is 119 cm³/mol. The van der Waals surface area contributed by atoms with Crippen molar-refractivity contribution in [1.29, 1.82) is 0 Å². The van der Waals surface area contributed by atoms with E-state index in [4.69, 9.17) is 16.3 Å². The molecule has 0 bridgehead atoms. The van der Waals surface area contributed by atoms with Gasteiger partial charge in [-0.25, -0.2) is 8.42 Å². The number of nitrogens with one attached hydrogen (secondary N) is 1. The molecule has 0 saturated carbocycles. The molecule has 1 fully saturated rings. The third kappa shape index (κ3) is 4.58. The van der Waals surface area contributed by atoms with E-state index in [1.54, 1.807) is 30.3 Å². The highest BCUT2D eigenvalue weighted by Gasteiger charge is 2.26. The normalized spacial score (nSPS) is 15.1. The van der Waals surface area contributed by atoms with E-state index in [0.29, 0.717) is 41.9 Å². The second-order valence-electron chi connectivity index (χ2n) is 6.67. The van der Waals surface area contributed by atoms with E-state index in [9.17, 15) is 13.2 Å². The van der Waals surface area contributed by atoms with Crippen LogP contribution in [-0.4, -0.2) is 44.9 Å². The van der Waals surface area contributed by atoms with Crippen molar-refractivity contribution in [3.05, 3.63) is 70.6 Å². The fraction of sp³-hybridized carbons (Fsp3) is 0.190. The number of hydrogen-bond donors (Lipinski definition) is 1. The lowest BCUT2D eigenvalue weighted by atomic mass is 10.2. The van der Waals surface area contributed by atoms with E-state index in [1.165, 1.54) is 27.8 Å². The van der Waals surface area contributed by atoms with E-state index in [0.717, 1.165) is 10.4 Å². The summed E-state index contributed by atoms with van der Waals surface area (Å²) in [6.45, 7) is 1.40. The van der Waals surface area contributed by atoms with Crippen LogP contribution in [0.4, 0.5) is 5.69 Å². The van der Waals surface area contributed by atoms with Crippen LogP contribution in [0.1, 0.15) is 9.67 Å². The molecule has 2 heterocycles. The number of sulfonamides is 1. The molecule has 0 unspecified atom stereocenters. The Kier molecular flexibility index (Phi) is 6.21. The van der Waals surface area contributed by atoms with Gasteiger partial charge < -0.3 is 10.1 Å². The van der Waals surface area contributed by atoms with E-state index in [1.807, 2.05) is 18.2 Å². The molecule has 9 heteroatoms. The maximum atomic E-state index is 12.8. The van der Waals surface area contributed by atoms with Crippen molar-refractivity contribution in [3.63, 3.8) is 0 Å². The van der Waals surface area contributed by atoms with Crippen molar-refractivity contribution >= 4 is 44.6 Å². The predicted octanol–water partition coefficient (Wildman–Crippen LogP) is 4.34. The van der Waals surface area contributed by atoms with Crippen LogP contribution in [0.5, 0.6) is 0 Å². The molecule has 1 aliphatic rings. The van der Waals surface area contributed by atoms with E-state index < -0.39 is 10.0 Å². The van der Waals surface area contributed by atoms with Gasteiger partial charge in [0.1, 0.15) is 0 Å². The molecule has 2 aromatic carbocycles. The number of anilines is 1. The Morgan fingerprint density at radius 3 is 2.50 bits per heavy atom. The Hall–Kier alpha value is -2.23. The summed E-state index contributed by atoms with van der Waals surface area (Å²) < 4.78 is 32.3. The Labute approximate surface area is 184 Å². The Balaban J connectivity index is 1.50. The number of thiophene rings is 1. The average molecular weight is 463 g/mol. The monoisotopic (exact) mass is 462 g/mol. The molecule has 1 N–H and O–H groups in total. The van der Waals surface area contributed by atoms with Gasteiger partial charge >= 0.3 is 0 Å². The van der Waals surface area contributed by atoms with E-state index in [-0.39, 0.29) is 10.8 Å². The van der Waals surface area contributed by atoms with Gasteiger partial charge in [-0.05, 0) is 48.0 Å². The van der Waals surface area contributed by atoms with Crippen molar-refractivity contribution in [1.82, 2.24) is 4.31 Å². The number of ether oxygens (including phenoxy) is 1. The summed E-state index contributed by atoms with van der Waals surface area (Å²) >= 11 is 7.28. The lowest BCUT2D eigenvalue weighted by Crippen LogP contribution is -2.40. The fourth-order valence-corrected chi connectivity index (χ4v) is 5.58. The number of morpholine rings is 1. The highest BCUT2D eigenvalue weighted by atomic mass is 35.5. The number of hydrogen-bond acceptors (Lipinski definition) is 5. The quantitative estimate of drug-likeness (QED) is 0.612. The van der Waals surface area contributed by atoms with Crippen molar-refractivity contribution in [2.75, 3.05) is 31.6 Å². The van der Waals surface area contributed by atoms with E-state index in [2.05, 4.69) is 5.32 Å². The minimum atomic E-state index is -3.63. The molecular formula is C21H19ClN2O4S2. The van der Waals surface area contributed by atoms with Gasteiger partial charge in [-0.15, -0.1) is 11.3 Å². The third-order valence-electron chi connectivity index (χ3n) is 4.66. The maximum Gasteiger partial charge on any atom is 0.265 e. The number of nitrogens with zero attached hydrogens (tertiary/aromatic N) is 1. The molecule has 0 aliphatic carbocycles. The van der Waals surface area contributed by atoms with Crippen LogP contribution in [-0.2, 0) is 14.8 Å². The fourth-order valence-electron chi connectivity index (χ4n) is 3.09. The Morgan fingerprint density at radius 2 is 1.77 bits per heavy atom. The first kappa shape index (κ1) is 21.0. The number of carbonyl (C=O) groups excluding carboxylic acids is 1. The number of amides is 1. The highest BCUT2D eigenvalue weighted by Crippen LogP contribution is 2.30. The number of carbonyl (C=O) groups is 1. The van der Waals surface area contributed by atoms with Gasteiger partial charge in [0.25, 0.3) is 5.91 Å².